The summed E-state index contributed by atoms with van der Waals surface area (Å²) in [6.45, 7) is 3.77. The SMILES string of the molecule is Cc1cc(/C=C/C#N)cc(C)c1Oc1nc(Cl)nc(N)c1N. The third kappa shape index (κ3) is 3.27. The van der Waals surface area contributed by atoms with Crippen molar-refractivity contribution in [1.29, 1.82) is 5.26 Å². The van der Waals surface area contributed by atoms with Crippen LogP contribution in [0.25, 0.3) is 6.08 Å². The number of nitrogens with two attached hydrogens (primary N) is 2. The third-order valence-corrected chi connectivity index (χ3v) is 3.11. The fourth-order valence-electron chi connectivity index (χ4n) is 1.99. The van der Waals surface area contributed by atoms with Gasteiger partial charge in [0.05, 0.1) is 6.07 Å². The van der Waals surface area contributed by atoms with Gasteiger partial charge in [-0.1, -0.05) is 0 Å². The first-order valence-corrected chi connectivity index (χ1v) is 6.74. The molecular weight excluding hydrogens is 302 g/mol. The summed E-state index contributed by atoms with van der Waals surface area (Å²) < 4.78 is 5.76. The van der Waals surface area contributed by atoms with Gasteiger partial charge in [-0.3, -0.25) is 0 Å². The normalized spacial score (nSPS) is 10.6. The highest BCUT2D eigenvalue weighted by atomic mass is 35.5. The molecule has 0 fully saturated rings. The summed E-state index contributed by atoms with van der Waals surface area (Å²) in [5.41, 5.74) is 14.2. The lowest BCUT2D eigenvalue weighted by atomic mass is 10.1. The van der Waals surface area contributed by atoms with Crippen molar-refractivity contribution < 1.29 is 4.74 Å². The number of aromatic nitrogens is 2. The molecule has 0 amide bonds. The first-order chi connectivity index (χ1) is 10.4. The molecule has 1 aromatic carbocycles. The monoisotopic (exact) mass is 315 g/mol. The van der Waals surface area contributed by atoms with Gasteiger partial charge in [-0.05, 0) is 60.3 Å². The standard InChI is InChI=1S/C15H14ClN5O/c1-8-6-10(4-3-5-17)7-9(2)12(8)22-14-11(18)13(19)20-15(16)21-14/h3-4,6-7H,18H2,1-2H3,(H2,19,20,21)/b4-3+. The van der Waals surface area contributed by atoms with Gasteiger partial charge in [-0.15, -0.1) is 0 Å². The molecule has 0 atom stereocenters. The first kappa shape index (κ1) is 15.6. The highest BCUT2D eigenvalue weighted by Gasteiger charge is 2.14. The summed E-state index contributed by atoms with van der Waals surface area (Å²) in [5.74, 6) is 0.790. The Balaban J connectivity index is 2.43. The van der Waals surface area contributed by atoms with E-state index in [-0.39, 0.29) is 22.7 Å². The molecule has 1 heterocycles. The second kappa shape index (κ2) is 6.33. The first-order valence-electron chi connectivity index (χ1n) is 6.36. The molecular formula is C15H14ClN5O. The van der Waals surface area contributed by atoms with E-state index in [0.717, 1.165) is 16.7 Å². The van der Waals surface area contributed by atoms with Crippen molar-refractivity contribution in [3.8, 4) is 17.7 Å². The number of nitrogens with zero attached hydrogens (tertiary/aromatic N) is 3. The maximum atomic E-state index is 8.58. The summed E-state index contributed by atoms with van der Waals surface area (Å²) in [5, 5.41) is 8.55. The second-order valence-corrected chi connectivity index (χ2v) is 4.98. The number of anilines is 2. The molecule has 0 aliphatic carbocycles. The fourth-order valence-corrected chi connectivity index (χ4v) is 2.15. The highest BCUT2D eigenvalue weighted by molar-refractivity contribution is 6.28. The van der Waals surface area contributed by atoms with Gasteiger partial charge in [0.2, 0.25) is 11.2 Å². The lowest BCUT2D eigenvalue weighted by Crippen LogP contribution is -2.04. The van der Waals surface area contributed by atoms with Crippen LogP contribution in [-0.2, 0) is 0 Å². The lowest BCUT2D eigenvalue weighted by molar-refractivity contribution is 0.458. The third-order valence-electron chi connectivity index (χ3n) is 2.94. The van der Waals surface area contributed by atoms with Crippen LogP contribution < -0.4 is 16.2 Å². The maximum absolute atomic E-state index is 8.58. The molecule has 1 aromatic heterocycles. The largest absolute Gasteiger partial charge is 0.436 e. The quantitative estimate of drug-likeness (QED) is 0.664. The van der Waals surface area contributed by atoms with Crippen LogP contribution in [0, 0.1) is 25.2 Å². The minimum absolute atomic E-state index is 0.0365. The molecule has 0 radical (unpaired) electrons. The van der Waals surface area contributed by atoms with Crippen LogP contribution >= 0.6 is 11.6 Å². The van der Waals surface area contributed by atoms with E-state index in [0.29, 0.717) is 5.75 Å². The number of nitrogen functional groups attached to an aromatic ring is 2. The Morgan fingerprint density at radius 1 is 1.23 bits per heavy atom. The van der Waals surface area contributed by atoms with E-state index in [1.807, 2.05) is 32.0 Å². The van der Waals surface area contributed by atoms with Crippen LogP contribution in [0.3, 0.4) is 0 Å². The summed E-state index contributed by atoms with van der Waals surface area (Å²) in [7, 11) is 0. The Morgan fingerprint density at radius 3 is 2.45 bits per heavy atom. The van der Waals surface area contributed by atoms with Crippen LogP contribution in [0.15, 0.2) is 18.2 Å². The predicted molar refractivity (Wildman–Crippen MR) is 86.5 cm³/mol. The van der Waals surface area contributed by atoms with Gasteiger partial charge in [0, 0.05) is 6.08 Å². The Kier molecular flexibility index (Phi) is 4.49. The smallest absolute Gasteiger partial charge is 0.249 e. The zero-order chi connectivity index (χ0) is 16.3. The van der Waals surface area contributed by atoms with Crippen molar-refractivity contribution in [3.63, 3.8) is 0 Å². The van der Waals surface area contributed by atoms with Crippen LogP contribution in [0.5, 0.6) is 11.6 Å². The number of rotatable bonds is 3. The molecule has 22 heavy (non-hydrogen) atoms. The van der Waals surface area contributed by atoms with Gasteiger partial charge in [0.15, 0.2) is 5.82 Å². The second-order valence-electron chi connectivity index (χ2n) is 4.65. The van der Waals surface area contributed by atoms with Crippen LogP contribution in [0.4, 0.5) is 11.5 Å². The van der Waals surface area contributed by atoms with Gasteiger partial charge in [0.1, 0.15) is 11.4 Å². The number of halogens is 1. The average molecular weight is 316 g/mol. The van der Waals surface area contributed by atoms with Crippen LogP contribution in [0.1, 0.15) is 16.7 Å². The van der Waals surface area contributed by atoms with Crippen LogP contribution in [-0.4, -0.2) is 9.97 Å². The Morgan fingerprint density at radius 2 is 1.86 bits per heavy atom. The number of hydrogen-bond acceptors (Lipinski definition) is 6. The van der Waals surface area contributed by atoms with E-state index in [1.165, 1.54) is 6.08 Å². The van der Waals surface area contributed by atoms with Gasteiger partial charge >= 0.3 is 0 Å². The molecule has 2 rings (SSSR count). The van der Waals surface area contributed by atoms with Crippen molar-refractivity contribution >= 4 is 29.2 Å². The number of hydrogen-bond donors (Lipinski definition) is 2. The molecule has 6 nitrogen and oxygen atoms in total. The van der Waals surface area contributed by atoms with E-state index in [4.69, 9.17) is 33.1 Å². The molecule has 4 N–H and O–H groups in total. The van der Waals surface area contributed by atoms with E-state index in [2.05, 4.69) is 9.97 Å². The van der Waals surface area contributed by atoms with Crippen molar-refractivity contribution in [1.82, 2.24) is 9.97 Å². The molecule has 0 aliphatic heterocycles. The van der Waals surface area contributed by atoms with Crippen molar-refractivity contribution in [2.24, 2.45) is 0 Å². The van der Waals surface area contributed by atoms with Crippen molar-refractivity contribution in [2.45, 2.75) is 13.8 Å². The Labute approximate surface area is 133 Å². The Bertz CT molecular complexity index is 772. The lowest BCUT2D eigenvalue weighted by Gasteiger charge is -2.14. The highest BCUT2D eigenvalue weighted by Crippen LogP contribution is 2.34. The summed E-state index contributed by atoms with van der Waals surface area (Å²) >= 11 is 5.77. The van der Waals surface area contributed by atoms with E-state index in [9.17, 15) is 0 Å². The van der Waals surface area contributed by atoms with Crippen molar-refractivity contribution in [3.05, 3.63) is 40.2 Å². The van der Waals surface area contributed by atoms with Crippen LogP contribution in [0.2, 0.25) is 5.28 Å². The Hall–Kier alpha value is -2.78. The number of aryl methyl sites for hydroxylation is 2. The van der Waals surface area contributed by atoms with E-state index in [1.54, 1.807) is 6.08 Å². The molecule has 0 saturated heterocycles. The number of ether oxygens (including phenoxy) is 1. The average Bonchev–Trinajstić information content (AvgIpc) is 2.45. The van der Waals surface area contributed by atoms with E-state index < -0.39 is 0 Å². The summed E-state index contributed by atoms with van der Waals surface area (Å²) in [6.07, 6.45) is 3.13. The molecule has 0 spiro atoms. The molecule has 0 saturated carbocycles. The molecule has 0 unspecified atom stereocenters. The minimum Gasteiger partial charge on any atom is -0.436 e. The number of benzene rings is 1. The maximum Gasteiger partial charge on any atom is 0.249 e. The number of allylic oxidation sites excluding steroid dienone is 1. The molecule has 0 bridgehead atoms. The zero-order valence-corrected chi connectivity index (χ0v) is 12.8. The molecule has 7 heteroatoms. The molecule has 112 valence electrons. The van der Waals surface area contributed by atoms with Gasteiger partial charge in [0.25, 0.3) is 0 Å². The number of nitriles is 1. The topological polar surface area (TPSA) is 111 Å². The molecule has 2 aromatic rings. The minimum atomic E-state index is -0.0365. The van der Waals surface area contributed by atoms with Gasteiger partial charge < -0.3 is 16.2 Å². The van der Waals surface area contributed by atoms with Crippen molar-refractivity contribution in [2.75, 3.05) is 11.5 Å². The summed E-state index contributed by atoms with van der Waals surface area (Å²) in [6, 6.07) is 5.73. The predicted octanol–water partition coefficient (Wildman–Crippen LogP) is 3.24. The van der Waals surface area contributed by atoms with E-state index >= 15 is 0 Å². The van der Waals surface area contributed by atoms with Gasteiger partial charge in [-0.2, -0.15) is 15.2 Å². The zero-order valence-electron chi connectivity index (χ0n) is 12.1. The summed E-state index contributed by atoms with van der Waals surface area (Å²) in [4.78, 5) is 7.71. The van der Waals surface area contributed by atoms with Gasteiger partial charge in [-0.25, -0.2) is 0 Å². The molecule has 0 aliphatic rings. The fraction of sp³-hybridized carbons (Fsp3) is 0.133.